The number of hydrogen-bond donors (Lipinski definition) is 0. The molecule has 0 N–H and O–H groups in total. The zero-order valence-electron chi connectivity index (χ0n) is 13.7. The largest absolute Gasteiger partial charge is 0.288 e. The van der Waals surface area contributed by atoms with E-state index in [-0.39, 0.29) is 12.0 Å². The van der Waals surface area contributed by atoms with Crippen LogP contribution in [0.3, 0.4) is 0 Å². The Bertz CT molecular complexity index is 437. The van der Waals surface area contributed by atoms with E-state index >= 15 is 13.2 Å². The first-order valence-electron chi connectivity index (χ1n) is 7.83. The summed E-state index contributed by atoms with van der Waals surface area (Å²) >= 11 is 0. The van der Waals surface area contributed by atoms with Crippen molar-refractivity contribution in [3.05, 3.63) is 35.9 Å². The van der Waals surface area contributed by atoms with Crippen LogP contribution in [0.5, 0.6) is 0 Å². The van der Waals surface area contributed by atoms with Crippen molar-refractivity contribution in [2.45, 2.75) is 65.5 Å². The molecule has 0 aliphatic carbocycles. The van der Waals surface area contributed by atoms with Gasteiger partial charge < -0.3 is 0 Å². The Morgan fingerprint density at radius 2 is 1.43 bits per heavy atom. The van der Waals surface area contributed by atoms with Gasteiger partial charge in [0.05, 0.1) is 0 Å². The maximum absolute atomic E-state index is 16.0. The normalized spacial score (nSPS) is 17.3. The van der Waals surface area contributed by atoms with E-state index in [2.05, 4.69) is 0 Å². The lowest BCUT2D eigenvalue weighted by Crippen LogP contribution is -2.55. The Labute approximate surface area is 126 Å². The van der Waals surface area contributed by atoms with E-state index in [4.69, 9.17) is 0 Å². The van der Waals surface area contributed by atoms with E-state index in [0.717, 1.165) is 0 Å². The quantitative estimate of drug-likeness (QED) is 0.549. The van der Waals surface area contributed by atoms with Crippen molar-refractivity contribution >= 4 is 0 Å². The molecule has 0 fully saturated rings. The molecule has 0 aliphatic rings. The monoisotopic (exact) mass is 300 g/mol. The summed E-state index contributed by atoms with van der Waals surface area (Å²) < 4.78 is 46.1. The average molecular weight is 300 g/mol. The van der Waals surface area contributed by atoms with Crippen LogP contribution in [0.25, 0.3) is 0 Å². The first kappa shape index (κ1) is 18.1. The van der Waals surface area contributed by atoms with Crippen molar-refractivity contribution in [2.75, 3.05) is 0 Å². The molecule has 0 heterocycles. The fourth-order valence-electron chi connectivity index (χ4n) is 2.94. The molecule has 21 heavy (non-hydrogen) atoms. The third-order valence-electron chi connectivity index (χ3n) is 5.25. The van der Waals surface area contributed by atoms with Crippen molar-refractivity contribution in [1.29, 1.82) is 0 Å². The first-order valence-corrected chi connectivity index (χ1v) is 7.83. The predicted octanol–water partition coefficient (Wildman–Crippen LogP) is 6.36. The van der Waals surface area contributed by atoms with Gasteiger partial charge in [0.1, 0.15) is 0 Å². The van der Waals surface area contributed by atoms with Crippen LogP contribution in [0.4, 0.5) is 13.2 Å². The minimum Gasteiger partial charge on any atom is -0.231 e. The highest BCUT2D eigenvalue weighted by Crippen LogP contribution is 2.59. The van der Waals surface area contributed by atoms with E-state index in [9.17, 15) is 0 Å². The van der Waals surface area contributed by atoms with Gasteiger partial charge in [-0.3, -0.25) is 0 Å². The second-order valence-electron chi connectivity index (χ2n) is 6.22. The van der Waals surface area contributed by atoms with Gasteiger partial charge in [0.2, 0.25) is 5.67 Å². The lowest BCUT2D eigenvalue weighted by Gasteiger charge is -2.48. The summed E-state index contributed by atoms with van der Waals surface area (Å²) in [6.45, 7) is 8.32. The highest BCUT2D eigenvalue weighted by atomic mass is 19.3. The Hall–Kier alpha value is -0.990. The van der Waals surface area contributed by atoms with Crippen molar-refractivity contribution in [1.82, 2.24) is 0 Å². The molecular weight excluding hydrogens is 273 g/mol. The average Bonchev–Trinajstić information content (AvgIpc) is 2.52. The summed E-state index contributed by atoms with van der Waals surface area (Å²) in [7, 11) is 0. The Morgan fingerprint density at radius 3 is 1.81 bits per heavy atom. The number of rotatable bonds is 7. The number of benzene rings is 1. The minimum absolute atomic E-state index is 0.0847. The summed E-state index contributed by atoms with van der Waals surface area (Å²) in [5, 5.41) is 0. The predicted molar refractivity (Wildman–Crippen MR) is 82.3 cm³/mol. The highest BCUT2D eigenvalue weighted by Gasteiger charge is 2.65. The fraction of sp³-hybridized carbons (Fsp3) is 0.667. The van der Waals surface area contributed by atoms with Crippen molar-refractivity contribution in [3.63, 3.8) is 0 Å². The van der Waals surface area contributed by atoms with Gasteiger partial charge in [0.15, 0.2) is 0 Å². The molecule has 2 unspecified atom stereocenters. The van der Waals surface area contributed by atoms with Gasteiger partial charge in [-0.1, -0.05) is 65.0 Å². The van der Waals surface area contributed by atoms with Gasteiger partial charge in [-0.2, -0.15) is 0 Å². The van der Waals surface area contributed by atoms with Gasteiger partial charge in [-0.15, -0.1) is 0 Å². The van der Waals surface area contributed by atoms with Crippen LogP contribution in [0.15, 0.2) is 30.3 Å². The maximum Gasteiger partial charge on any atom is 0.288 e. The second kappa shape index (κ2) is 6.41. The molecule has 0 saturated heterocycles. The molecule has 0 nitrogen and oxygen atoms in total. The molecule has 0 bridgehead atoms. The molecule has 2 atom stereocenters. The first-order chi connectivity index (χ1) is 9.71. The molecule has 0 aliphatic heterocycles. The number of halogens is 3. The van der Waals surface area contributed by atoms with Gasteiger partial charge in [-0.25, -0.2) is 13.2 Å². The van der Waals surface area contributed by atoms with Gasteiger partial charge in [0, 0.05) is 11.3 Å². The van der Waals surface area contributed by atoms with Crippen LogP contribution in [-0.2, 0) is 5.67 Å². The lowest BCUT2D eigenvalue weighted by atomic mass is 9.62. The second-order valence-corrected chi connectivity index (χ2v) is 6.22. The molecule has 0 aromatic heterocycles. The smallest absolute Gasteiger partial charge is 0.231 e. The van der Waals surface area contributed by atoms with Gasteiger partial charge in [0.25, 0.3) is 5.92 Å². The molecule has 1 aromatic rings. The van der Waals surface area contributed by atoms with E-state index in [1.165, 1.54) is 19.1 Å². The molecule has 120 valence electrons. The molecule has 1 aromatic carbocycles. The summed E-state index contributed by atoms with van der Waals surface area (Å²) in [5.41, 5.74) is -3.69. The summed E-state index contributed by atoms with van der Waals surface area (Å²) in [4.78, 5) is 0. The Balaban J connectivity index is 3.58. The van der Waals surface area contributed by atoms with Crippen LogP contribution in [-0.4, -0.2) is 5.92 Å². The van der Waals surface area contributed by atoms with E-state index < -0.39 is 22.9 Å². The summed E-state index contributed by atoms with van der Waals surface area (Å²) in [6, 6.07) is 7.95. The fourth-order valence-corrected chi connectivity index (χ4v) is 2.94. The molecule has 0 saturated carbocycles. The van der Waals surface area contributed by atoms with E-state index in [1.54, 1.807) is 45.9 Å². The number of hydrogen-bond acceptors (Lipinski definition) is 0. The third kappa shape index (κ3) is 2.72. The lowest BCUT2D eigenvalue weighted by molar-refractivity contribution is -0.229. The Kier molecular flexibility index (Phi) is 5.51. The van der Waals surface area contributed by atoms with Gasteiger partial charge in [-0.05, 0) is 24.8 Å². The van der Waals surface area contributed by atoms with Crippen LogP contribution >= 0.6 is 0 Å². The minimum atomic E-state index is -3.41. The SMILES string of the molecule is CCC(C)C(F)(F)C(F)(c1ccccc1)C(C)(CC)CC. The van der Waals surface area contributed by atoms with Crippen molar-refractivity contribution in [3.8, 4) is 0 Å². The molecule has 1 rings (SSSR count). The third-order valence-corrected chi connectivity index (χ3v) is 5.25. The van der Waals surface area contributed by atoms with Gasteiger partial charge >= 0.3 is 0 Å². The van der Waals surface area contributed by atoms with Crippen LogP contribution in [0.2, 0.25) is 0 Å². The Morgan fingerprint density at radius 1 is 0.952 bits per heavy atom. The topological polar surface area (TPSA) is 0 Å². The molecule has 0 radical (unpaired) electrons. The zero-order chi connectivity index (χ0) is 16.3. The van der Waals surface area contributed by atoms with Crippen LogP contribution in [0.1, 0.15) is 59.4 Å². The highest BCUT2D eigenvalue weighted by molar-refractivity contribution is 5.29. The maximum atomic E-state index is 16.0. The van der Waals surface area contributed by atoms with Crippen molar-refractivity contribution in [2.24, 2.45) is 11.3 Å². The molecule has 0 amide bonds. The molecule has 3 heteroatoms. The van der Waals surface area contributed by atoms with E-state index in [1.807, 2.05) is 0 Å². The summed E-state index contributed by atoms with van der Waals surface area (Å²) in [5.74, 6) is -4.43. The molecular formula is C18H27F3. The molecule has 0 spiro atoms. The van der Waals surface area contributed by atoms with E-state index in [0.29, 0.717) is 12.8 Å². The summed E-state index contributed by atoms with van der Waals surface area (Å²) in [6.07, 6.45) is 0.969. The number of alkyl halides is 3. The van der Waals surface area contributed by atoms with Crippen molar-refractivity contribution < 1.29 is 13.2 Å². The van der Waals surface area contributed by atoms with Crippen LogP contribution in [0, 0.1) is 11.3 Å². The van der Waals surface area contributed by atoms with Crippen LogP contribution < -0.4 is 0 Å². The zero-order valence-corrected chi connectivity index (χ0v) is 13.7. The standard InChI is InChI=1S/C18H27F3/c1-6-14(4)18(20,21)17(19,16(5,7-2)8-3)15-12-10-9-11-13-15/h9-14H,6-8H2,1-5H3.